The molecule has 1 aliphatic heterocycles. The largest absolute Gasteiger partial charge is 0.495 e. The van der Waals surface area contributed by atoms with E-state index in [-0.39, 0.29) is 5.91 Å². The maximum Gasteiger partial charge on any atom is 0.254 e. The molecule has 0 unspecified atom stereocenters. The number of nitrogens with zero attached hydrogens (tertiary/aromatic N) is 3. The van der Waals surface area contributed by atoms with Gasteiger partial charge in [-0.25, -0.2) is 0 Å². The normalized spacial score (nSPS) is 13.8. The van der Waals surface area contributed by atoms with Crippen LogP contribution in [0.3, 0.4) is 0 Å². The van der Waals surface area contributed by atoms with Crippen molar-refractivity contribution < 1.29 is 14.3 Å². The van der Waals surface area contributed by atoms with Gasteiger partial charge in [-0.1, -0.05) is 30.3 Å². The van der Waals surface area contributed by atoms with E-state index in [2.05, 4.69) is 20.7 Å². The molecule has 1 fully saturated rings. The molecule has 8 heteroatoms. The lowest BCUT2D eigenvalue weighted by Gasteiger charge is -2.25. The Labute approximate surface area is 221 Å². The highest BCUT2D eigenvalue weighted by atomic mass is 32.2. The predicted molar refractivity (Wildman–Crippen MR) is 150 cm³/mol. The minimum absolute atomic E-state index is 0.0117. The number of anilines is 2. The van der Waals surface area contributed by atoms with Crippen LogP contribution in [-0.4, -0.2) is 56.2 Å². The SMILES string of the molecule is COc1cc(C(=O)N2CCCN(c3ccccc3OC)CC2)ccc1NSc1cccc2cccnc12. The van der Waals surface area contributed by atoms with Crippen LogP contribution in [0, 0.1) is 0 Å². The lowest BCUT2D eigenvalue weighted by Crippen LogP contribution is -2.35. The van der Waals surface area contributed by atoms with Gasteiger partial charge in [-0.3, -0.25) is 9.78 Å². The number of hydrogen-bond donors (Lipinski definition) is 1. The van der Waals surface area contributed by atoms with Crippen LogP contribution >= 0.6 is 11.9 Å². The average Bonchev–Trinajstić information content (AvgIpc) is 3.22. The predicted octanol–water partition coefficient (Wildman–Crippen LogP) is 5.72. The highest BCUT2D eigenvalue weighted by Gasteiger charge is 2.23. The summed E-state index contributed by atoms with van der Waals surface area (Å²) in [6.45, 7) is 2.97. The second-order valence-corrected chi connectivity index (χ2v) is 9.60. The number of benzene rings is 3. The van der Waals surface area contributed by atoms with Gasteiger partial charge in [0.05, 0.1) is 36.0 Å². The standard InChI is InChI=1S/C29H30N4O3S/c1-35-25-11-4-3-10-24(25)32-16-7-17-33(19-18-32)29(34)22-13-14-23(26(20-22)36-2)31-37-27-12-5-8-21-9-6-15-30-28(21)27/h3-6,8-15,20,31H,7,16-19H2,1-2H3. The van der Waals surface area contributed by atoms with E-state index >= 15 is 0 Å². The summed E-state index contributed by atoms with van der Waals surface area (Å²) < 4.78 is 14.6. The van der Waals surface area contributed by atoms with E-state index in [0.29, 0.717) is 24.4 Å². The number of nitrogens with one attached hydrogen (secondary N) is 1. The van der Waals surface area contributed by atoms with E-state index in [0.717, 1.165) is 52.4 Å². The van der Waals surface area contributed by atoms with Gasteiger partial charge >= 0.3 is 0 Å². The number of aromatic nitrogens is 1. The van der Waals surface area contributed by atoms with Crippen molar-refractivity contribution in [3.8, 4) is 11.5 Å². The molecule has 5 rings (SSSR count). The van der Waals surface area contributed by atoms with Gasteiger partial charge in [0.25, 0.3) is 5.91 Å². The molecule has 190 valence electrons. The van der Waals surface area contributed by atoms with E-state index < -0.39 is 0 Å². The molecule has 0 radical (unpaired) electrons. The number of pyridine rings is 1. The summed E-state index contributed by atoms with van der Waals surface area (Å²) in [5.41, 5.74) is 3.42. The van der Waals surface area contributed by atoms with Gasteiger partial charge in [0, 0.05) is 43.3 Å². The number of carbonyl (C=O) groups excluding carboxylic acids is 1. The quantitative estimate of drug-likeness (QED) is 0.316. The van der Waals surface area contributed by atoms with Crippen LogP contribution < -0.4 is 19.1 Å². The topological polar surface area (TPSA) is 66.9 Å². The molecule has 1 amide bonds. The zero-order valence-corrected chi connectivity index (χ0v) is 21.8. The van der Waals surface area contributed by atoms with Gasteiger partial charge < -0.3 is 24.0 Å². The molecule has 0 saturated carbocycles. The van der Waals surface area contributed by atoms with Crippen LogP contribution in [0.5, 0.6) is 11.5 Å². The van der Waals surface area contributed by atoms with Gasteiger partial charge in [-0.2, -0.15) is 0 Å². The fourth-order valence-corrected chi connectivity index (χ4v) is 5.41. The number of fused-ring (bicyclic) bond motifs is 1. The van der Waals surface area contributed by atoms with Crippen LogP contribution in [0.25, 0.3) is 10.9 Å². The van der Waals surface area contributed by atoms with E-state index in [9.17, 15) is 4.79 Å². The Morgan fingerprint density at radius 3 is 2.59 bits per heavy atom. The van der Waals surface area contributed by atoms with Crippen LogP contribution in [0.2, 0.25) is 0 Å². The highest BCUT2D eigenvalue weighted by molar-refractivity contribution is 8.00. The maximum atomic E-state index is 13.4. The van der Waals surface area contributed by atoms with Crippen molar-refractivity contribution in [2.75, 3.05) is 50.0 Å². The number of rotatable bonds is 7. The van der Waals surface area contributed by atoms with Gasteiger partial charge in [0.15, 0.2) is 0 Å². The summed E-state index contributed by atoms with van der Waals surface area (Å²) >= 11 is 1.48. The third-order valence-electron chi connectivity index (χ3n) is 6.52. The summed E-state index contributed by atoms with van der Waals surface area (Å²) in [5, 5.41) is 1.09. The molecule has 0 atom stereocenters. The second-order valence-electron chi connectivity index (χ2n) is 8.76. The van der Waals surface area contributed by atoms with Gasteiger partial charge in [-0.15, -0.1) is 0 Å². The molecule has 1 aromatic heterocycles. The molecule has 1 N–H and O–H groups in total. The molecule has 0 bridgehead atoms. The third kappa shape index (κ3) is 5.44. The van der Waals surface area contributed by atoms with E-state index in [1.165, 1.54) is 11.9 Å². The van der Waals surface area contributed by atoms with Gasteiger partial charge in [0.2, 0.25) is 0 Å². The molecule has 37 heavy (non-hydrogen) atoms. The van der Waals surface area contributed by atoms with Crippen molar-refractivity contribution >= 4 is 40.1 Å². The first-order valence-electron chi connectivity index (χ1n) is 12.3. The molecule has 7 nitrogen and oxygen atoms in total. The Morgan fingerprint density at radius 1 is 0.892 bits per heavy atom. The van der Waals surface area contributed by atoms with E-state index in [1.54, 1.807) is 20.4 Å². The summed E-state index contributed by atoms with van der Waals surface area (Å²) in [6, 6.07) is 23.7. The van der Waals surface area contributed by atoms with Crippen molar-refractivity contribution in [3.05, 3.63) is 84.6 Å². The summed E-state index contributed by atoms with van der Waals surface area (Å²) in [7, 11) is 3.31. The Balaban J connectivity index is 1.27. The number of para-hydroxylation sites is 3. The molecule has 3 aromatic carbocycles. The Kier molecular flexibility index (Phi) is 7.65. The van der Waals surface area contributed by atoms with Crippen molar-refractivity contribution in [1.82, 2.24) is 9.88 Å². The second kappa shape index (κ2) is 11.4. The van der Waals surface area contributed by atoms with Gasteiger partial charge in [-0.05, 0) is 60.8 Å². The molecular weight excluding hydrogens is 484 g/mol. The van der Waals surface area contributed by atoms with E-state index in [4.69, 9.17) is 9.47 Å². The van der Waals surface area contributed by atoms with Crippen LogP contribution in [0.15, 0.2) is 83.9 Å². The molecule has 0 aliphatic carbocycles. The average molecular weight is 515 g/mol. The Bertz CT molecular complexity index is 1390. The maximum absolute atomic E-state index is 13.4. The first-order chi connectivity index (χ1) is 18.2. The Hall–Kier alpha value is -3.91. The fraction of sp³-hybridized carbons (Fsp3) is 0.241. The van der Waals surface area contributed by atoms with Crippen molar-refractivity contribution in [2.24, 2.45) is 0 Å². The molecule has 0 spiro atoms. The van der Waals surface area contributed by atoms with Crippen molar-refractivity contribution in [1.29, 1.82) is 0 Å². The summed E-state index contributed by atoms with van der Waals surface area (Å²) in [6.07, 6.45) is 2.68. The third-order valence-corrected chi connectivity index (χ3v) is 7.40. The minimum Gasteiger partial charge on any atom is -0.495 e. The summed E-state index contributed by atoms with van der Waals surface area (Å²) in [4.78, 5) is 23.2. The molecule has 4 aromatic rings. The zero-order valence-electron chi connectivity index (χ0n) is 21.0. The van der Waals surface area contributed by atoms with Gasteiger partial charge in [0.1, 0.15) is 11.5 Å². The number of amides is 1. The zero-order chi connectivity index (χ0) is 25.6. The number of ether oxygens (including phenoxy) is 2. The molecule has 2 heterocycles. The molecule has 1 aliphatic rings. The fourth-order valence-electron chi connectivity index (χ4n) is 4.61. The minimum atomic E-state index is 0.0117. The van der Waals surface area contributed by atoms with E-state index in [1.807, 2.05) is 71.6 Å². The lowest BCUT2D eigenvalue weighted by atomic mass is 10.1. The smallest absolute Gasteiger partial charge is 0.254 e. The molecular formula is C29H30N4O3S. The first kappa shape index (κ1) is 24.8. The van der Waals surface area contributed by atoms with Crippen LogP contribution in [0.4, 0.5) is 11.4 Å². The van der Waals surface area contributed by atoms with Crippen LogP contribution in [-0.2, 0) is 0 Å². The highest BCUT2D eigenvalue weighted by Crippen LogP contribution is 2.33. The number of carbonyl (C=O) groups is 1. The monoisotopic (exact) mass is 514 g/mol. The Morgan fingerprint density at radius 2 is 1.73 bits per heavy atom. The van der Waals surface area contributed by atoms with Crippen molar-refractivity contribution in [2.45, 2.75) is 11.3 Å². The number of methoxy groups -OCH3 is 2. The number of hydrogen-bond acceptors (Lipinski definition) is 7. The first-order valence-corrected chi connectivity index (χ1v) is 13.1. The lowest BCUT2D eigenvalue weighted by molar-refractivity contribution is 0.0766. The van der Waals surface area contributed by atoms with Crippen molar-refractivity contribution in [3.63, 3.8) is 0 Å². The molecule has 1 saturated heterocycles. The summed E-state index contributed by atoms with van der Waals surface area (Å²) in [5.74, 6) is 1.49. The van der Waals surface area contributed by atoms with Crippen LogP contribution in [0.1, 0.15) is 16.8 Å².